The lowest BCUT2D eigenvalue weighted by Gasteiger charge is -2.21. The van der Waals surface area contributed by atoms with Crippen LogP contribution in [0.5, 0.6) is 0 Å². The van der Waals surface area contributed by atoms with Crippen molar-refractivity contribution in [2.75, 3.05) is 0 Å². The fourth-order valence-electron chi connectivity index (χ4n) is 0.386. The molecule has 0 saturated carbocycles. The van der Waals surface area contributed by atoms with E-state index in [4.69, 9.17) is 54.6 Å². The molecule has 0 aliphatic carbocycles. The quantitative estimate of drug-likeness (QED) is 0.323. The van der Waals surface area contributed by atoms with Crippen molar-refractivity contribution in [1.29, 1.82) is 0 Å². The molecule has 0 spiro atoms. The van der Waals surface area contributed by atoms with Crippen LogP contribution in [0.1, 0.15) is 0 Å². The zero-order chi connectivity index (χ0) is 11.8. The average molecular weight is 343 g/mol. The standard InChI is InChI=1S/C2H5Cl3O7P2.2H3N/c3-2(4,5)12-14(10,11)1(6)13(7,8)9;;/h1,6H,(H,10,11)(H2,7,8,9);2*1H3. The Balaban J connectivity index is -0.000000845. The minimum absolute atomic E-state index is 0. The van der Waals surface area contributed by atoms with Crippen molar-refractivity contribution in [2.24, 2.45) is 0 Å². The fraction of sp³-hybridized carbons (Fsp3) is 1.00. The maximum atomic E-state index is 10.9. The highest BCUT2D eigenvalue weighted by molar-refractivity contribution is 7.71. The van der Waals surface area contributed by atoms with Gasteiger partial charge in [0.25, 0.3) is 5.59 Å². The Labute approximate surface area is 106 Å². The second-order valence-electron chi connectivity index (χ2n) is 2.04. The van der Waals surface area contributed by atoms with Crippen molar-refractivity contribution in [1.82, 2.24) is 12.3 Å². The Bertz CT molecular complexity index is 300. The maximum absolute atomic E-state index is 10.9. The van der Waals surface area contributed by atoms with Gasteiger partial charge in [-0.3, -0.25) is 13.7 Å². The van der Waals surface area contributed by atoms with E-state index in [0.717, 1.165) is 0 Å². The van der Waals surface area contributed by atoms with Gasteiger partial charge in [-0.15, -0.1) is 0 Å². The topological polar surface area (TPSA) is 194 Å². The van der Waals surface area contributed by atoms with Gasteiger partial charge in [0.1, 0.15) is 0 Å². The summed E-state index contributed by atoms with van der Waals surface area (Å²) in [5.41, 5.74) is -2.95. The van der Waals surface area contributed by atoms with Crippen LogP contribution in [0.2, 0.25) is 0 Å². The minimum Gasteiger partial charge on any atom is -0.370 e. The largest absolute Gasteiger partial charge is 0.372 e. The van der Waals surface area contributed by atoms with Gasteiger partial charge < -0.3 is 32.1 Å². The smallest absolute Gasteiger partial charge is 0.370 e. The highest BCUT2D eigenvalue weighted by Gasteiger charge is 2.48. The summed E-state index contributed by atoms with van der Waals surface area (Å²) in [7, 11) is -10.4. The van der Waals surface area contributed by atoms with Gasteiger partial charge in [-0.2, -0.15) is 0 Å². The first-order chi connectivity index (χ1) is 5.86. The van der Waals surface area contributed by atoms with Gasteiger partial charge >= 0.3 is 19.2 Å². The van der Waals surface area contributed by atoms with Crippen molar-refractivity contribution >= 4 is 50.0 Å². The molecule has 0 rings (SSSR count). The number of halogens is 3. The average Bonchev–Trinajstić information content (AvgIpc) is 1.78. The number of alkyl halides is 3. The van der Waals surface area contributed by atoms with Crippen molar-refractivity contribution in [3.8, 4) is 0 Å². The van der Waals surface area contributed by atoms with E-state index < -0.39 is 24.8 Å². The van der Waals surface area contributed by atoms with E-state index in [1.807, 2.05) is 0 Å². The maximum Gasteiger partial charge on any atom is 0.372 e. The van der Waals surface area contributed by atoms with Crippen LogP contribution in [-0.4, -0.2) is 29.4 Å². The molecule has 10 N–H and O–H groups in total. The summed E-state index contributed by atoms with van der Waals surface area (Å²) in [4.78, 5) is 25.5. The lowest BCUT2D eigenvalue weighted by molar-refractivity contribution is 0.187. The SMILES string of the molecule is N.N.O=P(O)(O)C(O)P(=O)(O)OC(Cl)(Cl)Cl. The van der Waals surface area contributed by atoms with Gasteiger partial charge in [0.05, 0.1) is 0 Å². The van der Waals surface area contributed by atoms with E-state index in [9.17, 15) is 9.13 Å². The molecule has 0 aliphatic rings. The third kappa shape index (κ3) is 8.19. The van der Waals surface area contributed by atoms with Gasteiger partial charge in [-0.1, -0.05) is 34.8 Å². The van der Waals surface area contributed by atoms with Crippen LogP contribution in [0.3, 0.4) is 0 Å². The summed E-state index contributed by atoms with van der Waals surface area (Å²) >= 11 is 14.8. The van der Waals surface area contributed by atoms with Crippen molar-refractivity contribution in [2.45, 2.75) is 9.56 Å². The first-order valence-corrected chi connectivity index (χ1v) is 7.16. The van der Waals surface area contributed by atoms with Crippen LogP contribution in [0.15, 0.2) is 0 Å². The second kappa shape index (κ2) is 6.84. The third-order valence-corrected chi connectivity index (χ3v) is 4.88. The Morgan fingerprint density at radius 2 is 1.38 bits per heavy atom. The molecule has 9 nitrogen and oxygen atoms in total. The first kappa shape index (κ1) is 22.2. The fourth-order valence-corrected chi connectivity index (χ4v) is 3.33. The van der Waals surface area contributed by atoms with Crippen molar-refractivity contribution < 1.29 is 33.4 Å². The first-order valence-electron chi connectivity index (χ1n) is 2.69. The van der Waals surface area contributed by atoms with Crippen LogP contribution in [0.4, 0.5) is 0 Å². The van der Waals surface area contributed by atoms with Crippen LogP contribution < -0.4 is 12.3 Å². The molecule has 14 heteroatoms. The number of hydrogen-bond donors (Lipinski definition) is 6. The zero-order valence-electron chi connectivity index (χ0n) is 7.53. The lowest BCUT2D eigenvalue weighted by atomic mass is 11.6. The lowest BCUT2D eigenvalue weighted by Crippen LogP contribution is -2.15. The number of aliphatic hydroxyl groups excluding tert-OH is 1. The molecule has 0 radical (unpaired) electrons. The summed E-state index contributed by atoms with van der Waals surface area (Å²) in [5.74, 6) is 0. The van der Waals surface area contributed by atoms with Crippen LogP contribution in [0, 0.1) is 0 Å². The minimum atomic E-state index is -5.22. The zero-order valence-corrected chi connectivity index (χ0v) is 11.6. The van der Waals surface area contributed by atoms with Crippen LogP contribution in [0.25, 0.3) is 0 Å². The summed E-state index contributed by atoms with van der Waals surface area (Å²) in [5, 5.41) is 8.70. The van der Waals surface area contributed by atoms with Crippen LogP contribution >= 0.6 is 50.0 Å². The molecule has 2 atom stereocenters. The van der Waals surface area contributed by atoms with Crippen molar-refractivity contribution in [3.63, 3.8) is 0 Å². The molecule has 0 fully saturated rings. The van der Waals surface area contributed by atoms with Gasteiger partial charge in [0.2, 0.25) is 0 Å². The summed E-state index contributed by atoms with van der Waals surface area (Å²) in [6.45, 7) is 0. The van der Waals surface area contributed by atoms with Crippen LogP contribution in [-0.2, 0) is 13.7 Å². The second-order valence-corrected chi connectivity index (χ2v) is 8.09. The number of rotatable bonds is 3. The molecule has 0 aromatic heterocycles. The predicted octanol–water partition coefficient (Wildman–Crippen LogP) is 1.29. The summed E-state index contributed by atoms with van der Waals surface area (Å²) in [6, 6.07) is 0. The molecular weight excluding hydrogens is 332 g/mol. The molecule has 0 heterocycles. The molecule has 2 unspecified atom stereocenters. The molecule has 16 heavy (non-hydrogen) atoms. The van der Waals surface area contributed by atoms with E-state index in [1.165, 1.54) is 0 Å². The van der Waals surface area contributed by atoms with E-state index in [2.05, 4.69) is 4.52 Å². The highest BCUT2D eigenvalue weighted by atomic mass is 35.6. The molecule has 0 bridgehead atoms. The monoisotopic (exact) mass is 342 g/mol. The molecule has 0 amide bonds. The van der Waals surface area contributed by atoms with Gasteiger partial charge in [-0.25, -0.2) is 0 Å². The highest BCUT2D eigenvalue weighted by Crippen LogP contribution is 2.64. The third-order valence-electron chi connectivity index (χ3n) is 0.827. The molecular formula is C2H11Cl3N2O7P2. The Kier molecular flexibility index (Phi) is 9.51. The summed E-state index contributed by atoms with van der Waals surface area (Å²) < 4.78 is 22.4. The van der Waals surface area contributed by atoms with E-state index >= 15 is 0 Å². The van der Waals surface area contributed by atoms with Gasteiger partial charge in [0.15, 0.2) is 0 Å². The molecule has 0 aromatic carbocycles. The molecule has 102 valence electrons. The molecule has 0 saturated heterocycles. The Morgan fingerprint density at radius 1 is 1.06 bits per heavy atom. The molecule has 0 aliphatic heterocycles. The predicted molar refractivity (Wildman–Crippen MR) is 59.3 cm³/mol. The molecule has 0 aromatic rings. The Morgan fingerprint density at radius 3 is 1.56 bits per heavy atom. The van der Waals surface area contributed by atoms with E-state index in [1.54, 1.807) is 0 Å². The number of hydrogen-bond acceptors (Lipinski definition) is 6. The van der Waals surface area contributed by atoms with E-state index in [0.29, 0.717) is 0 Å². The van der Waals surface area contributed by atoms with Crippen molar-refractivity contribution in [3.05, 3.63) is 0 Å². The summed E-state index contributed by atoms with van der Waals surface area (Å²) in [6.07, 6.45) is 0. The number of aliphatic hydroxyl groups is 1. The Hall–Kier alpha value is 1.05. The van der Waals surface area contributed by atoms with Gasteiger partial charge in [-0.05, 0) is 0 Å². The van der Waals surface area contributed by atoms with Gasteiger partial charge in [0, 0.05) is 0 Å². The normalized spacial score (nSPS) is 17.7. The van der Waals surface area contributed by atoms with E-state index in [-0.39, 0.29) is 12.3 Å².